The molecular weight excluding hydrogens is 519 g/mol. The summed E-state index contributed by atoms with van der Waals surface area (Å²) in [5, 5.41) is 6.64. The Morgan fingerprint density at radius 2 is 1.78 bits per heavy atom. The summed E-state index contributed by atoms with van der Waals surface area (Å²) in [4.78, 5) is 19.9. The monoisotopic (exact) mass is 552 g/mol. The fourth-order valence-electron chi connectivity index (χ4n) is 3.58. The van der Waals surface area contributed by atoms with Crippen molar-refractivity contribution >= 4 is 35.8 Å². The first-order valence-electron chi connectivity index (χ1n) is 10.8. The van der Waals surface area contributed by atoms with Gasteiger partial charge in [-0.05, 0) is 18.6 Å². The Bertz CT molecular complexity index is 857. The van der Waals surface area contributed by atoms with Crippen LogP contribution in [0.3, 0.4) is 0 Å². The van der Waals surface area contributed by atoms with Crippen molar-refractivity contribution in [3.63, 3.8) is 0 Å². The fraction of sp³-hybridized carbons (Fsp3) is 0.417. The van der Waals surface area contributed by atoms with Crippen molar-refractivity contribution in [2.75, 3.05) is 46.5 Å². The average Bonchev–Trinajstić information content (AvgIpc) is 2.83. The van der Waals surface area contributed by atoms with Gasteiger partial charge in [0.05, 0.1) is 32.8 Å². The number of hydrogen-bond donors (Lipinski definition) is 2. The van der Waals surface area contributed by atoms with Gasteiger partial charge in [0, 0.05) is 31.7 Å². The van der Waals surface area contributed by atoms with Crippen LogP contribution < -0.4 is 15.4 Å². The summed E-state index contributed by atoms with van der Waals surface area (Å²) in [6.45, 7) is 6.12. The van der Waals surface area contributed by atoms with E-state index in [1.165, 1.54) is 0 Å². The largest absolute Gasteiger partial charge is 0.496 e. The molecule has 0 saturated carbocycles. The zero-order valence-corrected chi connectivity index (χ0v) is 21.1. The number of amides is 1. The molecule has 7 nitrogen and oxygen atoms in total. The number of halogens is 1. The summed E-state index contributed by atoms with van der Waals surface area (Å²) in [6, 6.07) is 17.8. The summed E-state index contributed by atoms with van der Waals surface area (Å²) in [5.74, 6) is 1.30. The van der Waals surface area contributed by atoms with E-state index in [1.807, 2.05) is 66.4 Å². The summed E-state index contributed by atoms with van der Waals surface area (Å²) in [6.07, 6.45) is 0. The van der Waals surface area contributed by atoms with Gasteiger partial charge in [-0.15, -0.1) is 24.0 Å². The molecule has 1 amide bonds. The predicted octanol–water partition coefficient (Wildman–Crippen LogP) is 3.01. The maximum Gasteiger partial charge on any atom is 0.232 e. The molecule has 2 N–H and O–H groups in total. The second kappa shape index (κ2) is 13.9. The highest BCUT2D eigenvalue weighted by Crippen LogP contribution is 2.20. The number of methoxy groups -OCH3 is 1. The Hall–Kier alpha value is -2.33. The van der Waals surface area contributed by atoms with Crippen molar-refractivity contribution in [1.29, 1.82) is 0 Å². The Kier molecular flexibility index (Phi) is 11.3. The van der Waals surface area contributed by atoms with E-state index in [9.17, 15) is 4.79 Å². The lowest BCUT2D eigenvalue weighted by Gasteiger charge is -2.31. The number of carbonyl (C=O) groups excluding carboxylic acids is 1. The fourth-order valence-corrected chi connectivity index (χ4v) is 3.58. The van der Waals surface area contributed by atoms with Gasteiger partial charge in [-0.2, -0.15) is 0 Å². The minimum Gasteiger partial charge on any atom is -0.496 e. The van der Waals surface area contributed by atoms with Crippen LogP contribution in [0.1, 0.15) is 24.0 Å². The summed E-state index contributed by atoms with van der Waals surface area (Å²) in [7, 11) is 1.66. The van der Waals surface area contributed by atoms with Gasteiger partial charge in [0.1, 0.15) is 5.75 Å². The molecule has 1 aliphatic heterocycles. The van der Waals surface area contributed by atoms with Gasteiger partial charge in [0.25, 0.3) is 0 Å². The molecule has 3 rings (SSSR count). The lowest BCUT2D eigenvalue weighted by atomic mass is 9.97. The minimum atomic E-state index is -0.297. The molecule has 1 heterocycles. The van der Waals surface area contributed by atoms with Crippen molar-refractivity contribution in [2.24, 2.45) is 4.99 Å². The number of aliphatic imine (C=N–C) groups is 1. The van der Waals surface area contributed by atoms with Gasteiger partial charge < -0.3 is 25.0 Å². The highest BCUT2D eigenvalue weighted by molar-refractivity contribution is 14.0. The Labute approximate surface area is 207 Å². The normalized spacial score (nSPS) is 14.8. The van der Waals surface area contributed by atoms with E-state index >= 15 is 0 Å². The first-order valence-corrected chi connectivity index (χ1v) is 10.8. The highest BCUT2D eigenvalue weighted by atomic mass is 127. The summed E-state index contributed by atoms with van der Waals surface area (Å²) < 4.78 is 10.8. The molecule has 1 saturated heterocycles. The van der Waals surface area contributed by atoms with Crippen molar-refractivity contribution in [1.82, 2.24) is 15.5 Å². The van der Waals surface area contributed by atoms with Gasteiger partial charge in [-0.1, -0.05) is 48.5 Å². The number of nitrogens with one attached hydrogen (secondary N) is 2. The number of nitrogens with zero attached hydrogens (tertiary/aromatic N) is 2. The second-order valence-corrected chi connectivity index (χ2v) is 7.29. The van der Waals surface area contributed by atoms with E-state index in [2.05, 4.69) is 10.6 Å². The van der Waals surface area contributed by atoms with Crippen molar-refractivity contribution in [2.45, 2.75) is 19.4 Å². The lowest BCUT2D eigenvalue weighted by molar-refractivity contribution is -0.136. The molecule has 2 aromatic carbocycles. The Morgan fingerprint density at radius 3 is 2.47 bits per heavy atom. The standard InChI is InChI=1S/C24H32N4O3.HI/c1-3-25-24(26-17-20-11-7-8-12-22(20)30-2)27-18-21(19-9-5-4-6-10-19)23(29)28-13-15-31-16-14-28;/h4-12,21H,3,13-18H2,1-2H3,(H2,25,26,27);1H. The maximum absolute atomic E-state index is 13.3. The first-order chi connectivity index (χ1) is 15.2. The molecule has 2 aromatic rings. The molecule has 0 aromatic heterocycles. The number of benzene rings is 2. The molecule has 0 radical (unpaired) electrons. The quantitative estimate of drug-likeness (QED) is 0.299. The van der Waals surface area contributed by atoms with E-state index in [1.54, 1.807) is 7.11 Å². The first kappa shape index (κ1) is 25.9. The van der Waals surface area contributed by atoms with E-state index < -0.39 is 0 Å². The molecule has 1 fully saturated rings. The third-order valence-corrected chi connectivity index (χ3v) is 5.24. The Morgan fingerprint density at radius 1 is 1.09 bits per heavy atom. The van der Waals surface area contributed by atoms with Gasteiger partial charge in [-0.25, -0.2) is 4.99 Å². The van der Waals surface area contributed by atoms with Crippen LogP contribution in [-0.4, -0.2) is 63.3 Å². The number of rotatable bonds is 8. The van der Waals surface area contributed by atoms with Gasteiger partial charge in [-0.3, -0.25) is 4.79 Å². The summed E-state index contributed by atoms with van der Waals surface area (Å²) >= 11 is 0. The van der Waals surface area contributed by atoms with Crippen LogP contribution in [-0.2, 0) is 16.1 Å². The number of hydrogen-bond acceptors (Lipinski definition) is 4. The lowest BCUT2D eigenvalue weighted by Crippen LogP contribution is -2.47. The van der Waals surface area contributed by atoms with E-state index in [4.69, 9.17) is 14.5 Å². The van der Waals surface area contributed by atoms with E-state index in [0.717, 1.165) is 23.4 Å². The molecule has 0 aliphatic carbocycles. The molecule has 174 valence electrons. The zero-order valence-electron chi connectivity index (χ0n) is 18.8. The van der Waals surface area contributed by atoms with Crippen molar-refractivity contribution < 1.29 is 14.3 Å². The van der Waals surface area contributed by atoms with Crippen LogP contribution in [0.4, 0.5) is 0 Å². The number of morpholine rings is 1. The molecule has 32 heavy (non-hydrogen) atoms. The average molecular weight is 552 g/mol. The SMILES string of the molecule is CCNC(=NCc1ccccc1OC)NCC(C(=O)N1CCOCC1)c1ccccc1.I. The van der Waals surface area contributed by atoms with E-state index in [-0.39, 0.29) is 35.8 Å². The number of ether oxygens (including phenoxy) is 2. The van der Waals surface area contributed by atoms with Crippen LogP contribution in [0.25, 0.3) is 0 Å². The number of carbonyl (C=O) groups is 1. The van der Waals surface area contributed by atoms with Crippen LogP contribution >= 0.6 is 24.0 Å². The van der Waals surface area contributed by atoms with E-state index in [0.29, 0.717) is 45.4 Å². The maximum atomic E-state index is 13.3. The van der Waals surface area contributed by atoms with Crippen LogP contribution in [0.15, 0.2) is 59.6 Å². The number of para-hydroxylation sites is 1. The third kappa shape index (κ3) is 7.37. The van der Waals surface area contributed by atoms with Crippen LogP contribution in [0.2, 0.25) is 0 Å². The Balaban J connectivity index is 0.00000363. The molecule has 8 heteroatoms. The van der Waals surface area contributed by atoms with Gasteiger partial charge in [0.15, 0.2) is 5.96 Å². The third-order valence-electron chi connectivity index (χ3n) is 5.24. The van der Waals surface area contributed by atoms with Gasteiger partial charge in [0.2, 0.25) is 5.91 Å². The molecule has 1 aliphatic rings. The molecule has 1 atom stereocenters. The second-order valence-electron chi connectivity index (χ2n) is 7.29. The summed E-state index contributed by atoms with van der Waals surface area (Å²) in [5.41, 5.74) is 2.00. The zero-order chi connectivity index (χ0) is 21.9. The van der Waals surface area contributed by atoms with Crippen molar-refractivity contribution in [3.05, 3.63) is 65.7 Å². The molecular formula is C24H33IN4O3. The number of guanidine groups is 1. The minimum absolute atomic E-state index is 0. The van der Waals surface area contributed by atoms with Gasteiger partial charge >= 0.3 is 0 Å². The van der Waals surface area contributed by atoms with Crippen molar-refractivity contribution in [3.8, 4) is 5.75 Å². The molecule has 0 spiro atoms. The van der Waals surface area contributed by atoms with Crippen LogP contribution in [0.5, 0.6) is 5.75 Å². The van der Waals surface area contributed by atoms with Crippen LogP contribution in [0, 0.1) is 0 Å². The smallest absolute Gasteiger partial charge is 0.232 e. The predicted molar refractivity (Wildman–Crippen MR) is 138 cm³/mol. The molecule has 0 bridgehead atoms. The topological polar surface area (TPSA) is 75.2 Å². The highest BCUT2D eigenvalue weighted by Gasteiger charge is 2.27. The molecule has 1 unspecified atom stereocenters.